The van der Waals surface area contributed by atoms with Gasteiger partial charge in [0.05, 0.1) is 22.2 Å². The van der Waals surface area contributed by atoms with E-state index in [2.05, 4.69) is 29.2 Å². The Kier molecular flexibility index (Phi) is 5.25. The van der Waals surface area contributed by atoms with Crippen LogP contribution in [0.25, 0.3) is 0 Å². The van der Waals surface area contributed by atoms with Gasteiger partial charge in [0.1, 0.15) is 12.4 Å². The molecule has 2 aromatic heterocycles. The molecule has 1 aliphatic rings. The maximum atomic E-state index is 10.7. The Bertz CT molecular complexity index is 696. The number of nitro groups is 1. The summed E-state index contributed by atoms with van der Waals surface area (Å²) in [5, 5.41) is 18.2. The minimum atomic E-state index is -0.408. The molecule has 7 nitrogen and oxygen atoms in total. The number of nitrogens with zero attached hydrogens (tertiary/aromatic N) is 5. The van der Waals surface area contributed by atoms with E-state index in [1.807, 2.05) is 0 Å². The topological polar surface area (TPSA) is 77.1 Å². The average molecular weight is 349 g/mol. The van der Waals surface area contributed by atoms with Crippen LogP contribution in [0.5, 0.6) is 0 Å². The molecule has 1 saturated heterocycles. The summed E-state index contributed by atoms with van der Waals surface area (Å²) >= 11 is 1.78. The maximum Gasteiger partial charge on any atom is 0.306 e. The minimum absolute atomic E-state index is 0.0514. The standard InChI is InChI=1S/C16H23N5O2S/c1-12(2)15-11-24-16(18-15)13-4-3-5-19(9-13)6-7-20-10-14(8-17-20)21(22)23/h8,10-13H,3-7,9H2,1-2H3. The van der Waals surface area contributed by atoms with Crippen LogP contribution in [0.2, 0.25) is 0 Å². The van der Waals surface area contributed by atoms with E-state index in [0.717, 1.165) is 19.6 Å². The zero-order chi connectivity index (χ0) is 17.1. The largest absolute Gasteiger partial charge is 0.306 e. The van der Waals surface area contributed by atoms with Crippen LogP contribution >= 0.6 is 11.3 Å². The average Bonchev–Trinajstić information content (AvgIpc) is 3.23. The molecule has 2 aromatic rings. The second kappa shape index (κ2) is 7.40. The summed E-state index contributed by atoms with van der Waals surface area (Å²) in [6.45, 7) is 7.97. The third kappa shape index (κ3) is 3.99. The van der Waals surface area contributed by atoms with Gasteiger partial charge < -0.3 is 4.90 Å². The molecule has 0 bridgehead atoms. The third-order valence-electron chi connectivity index (χ3n) is 4.46. The van der Waals surface area contributed by atoms with Crippen LogP contribution in [0.15, 0.2) is 17.8 Å². The van der Waals surface area contributed by atoms with E-state index in [-0.39, 0.29) is 5.69 Å². The first-order chi connectivity index (χ1) is 11.5. The number of hydrogen-bond acceptors (Lipinski definition) is 6. The van der Waals surface area contributed by atoms with Crippen molar-refractivity contribution in [3.05, 3.63) is 38.6 Å². The zero-order valence-electron chi connectivity index (χ0n) is 14.1. The van der Waals surface area contributed by atoms with Crippen LogP contribution in [0, 0.1) is 10.1 Å². The van der Waals surface area contributed by atoms with E-state index in [9.17, 15) is 10.1 Å². The van der Waals surface area contributed by atoms with Gasteiger partial charge in [0.25, 0.3) is 0 Å². The summed E-state index contributed by atoms with van der Waals surface area (Å²) in [6.07, 6.45) is 5.16. The number of aromatic nitrogens is 3. The summed E-state index contributed by atoms with van der Waals surface area (Å²) < 4.78 is 1.65. The monoisotopic (exact) mass is 349 g/mol. The summed E-state index contributed by atoms with van der Waals surface area (Å²) in [5.74, 6) is 0.980. The predicted octanol–water partition coefficient (Wildman–Crippen LogP) is 3.25. The highest BCUT2D eigenvalue weighted by Gasteiger charge is 2.24. The van der Waals surface area contributed by atoms with Crippen molar-refractivity contribution in [2.24, 2.45) is 0 Å². The van der Waals surface area contributed by atoms with Crippen molar-refractivity contribution < 1.29 is 4.92 Å². The van der Waals surface area contributed by atoms with E-state index in [1.54, 1.807) is 16.0 Å². The first-order valence-corrected chi connectivity index (χ1v) is 9.25. The molecule has 0 aromatic carbocycles. The molecule has 0 aliphatic carbocycles. The number of rotatable bonds is 6. The second-order valence-electron chi connectivity index (χ2n) is 6.62. The van der Waals surface area contributed by atoms with Crippen molar-refractivity contribution in [2.75, 3.05) is 19.6 Å². The molecule has 1 aliphatic heterocycles. The lowest BCUT2D eigenvalue weighted by Gasteiger charge is -2.31. The molecule has 3 heterocycles. The fourth-order valence-corrected chi connectivity index (χ4v) is 4.14. The minimum Gasteiger partial charge on any atom is -0.301 e. The number of piperidine rings is 1. The summed E-state index contributed by atoms with van der Waals surface area (Å²) in [4.78, 5) is 17.5. The molecule has 1 fully saturated rings. The Morgan fingerprint density at radius 1 is 1.46 bits per heavy atom. The normalized spacial score (nSPS) is 19.0. The molecule has 0 amide bonds. The molecular weight excluding hydrogens is 326 g/mol. The highest BCUT2D eigenvalue weighted by Crippen LogP contribution is 2.30. The summed E-state index contributed by atoms with van der Waals surface area (Å²) in [6, 6.07) is 0. The van der Waals surface area contributed by atoms with Gasteiger partial charge in [-0.05, 0) is 25.3 Å². The molecule has 0 saturated carbocycles. The fourth-order valence-electron chi connectivity index (χ4n) is 3.03. The fraction of sp³-hybridized carbons (Fsp3) is 0.625. The Morgan fingerprint density at radius 3 is 2.96 bits per heavy atom. The Balaban J connectivity index is 1.55. The van der Waals surface area contributed by atoms with Gasteiger partial charge in [-0.2, -0.15) is 5.10 Å². The van der Waals surface area contributed by atoms with E-state index in [1.165, 1.54) is 35.9 Å². The Labute approximate surface area is 145 Å². The van der Waals surface area contributed by atoms with E-state index >= 15 is 0 Å². The van der Waals surface area contributed by atoms with E-state index < -0.39 is 4.92 Å². The quantitative estimate of drug-likeness (QED) is 0.591. The van der Waals surface area contributed by atoms with Crippen LogP contribution in [-0.2, 0) is 6.54 Å². The van der Waals surface area contributed by atoms with Gasteiger partial charge in [-0.15, -0.1) is 11.3 Å². The van der Waals surface area contributed by atoms with Gasteiger partial charge >= 0.3 is 5.69 Å². The molecule has 3 rings (SSSR count). The third-order valence-corrected chi connectivity index (χ3v) is 5.49. The lowest BCUT2D eigenvalue weighted by molar-refractivity contribution is -0.385. The van der Waals surface area contributed by atoms with Crippen molar-refractivity contribution in [3.8, 4) is 0 Å². The van der Waals surface area contributed by atoms with Crippen LogP contribution in [-0.4, -0.2) is 44.2 Å². The van der Waals surface area contributed by atoms with Crippen molar-refractivity contribution in [3.63, 3.8) is 0 Å². The SMILES string of the molecule is CC(C)c1csc(C2CCCN(CCn3cc([N+](=O)[O-])cn3)C2)n1. The van der Waals surface area contributed by atoms with E-state index in [4.69, 9.17) is 4.98 Å². The Morgan fingerprint density at radius 2 is 2.29 bits per heavy atom. The van der Waals surface area contributed by atoms with Gasteiger partial charge in [-0.1, -0.05) is 13.8 Å². The van der Waals surface area contributed by atoms with Crippen molar-refractivity contribution >= 4 is 17.0 Å². The van der Waals surface area contributed by atoms with Crippen LogP contribution < -0.4 is 0 Å². The van der Waals surface area contributed by atoms with E-state index in [0.29, 0.717) is 18.4 Å². The van der Waals surface area contributed by atoms with Gasteiger partial charge in [0, 0.05) is 24.4 Å². The molecule has 1 unspecified atom stereocenters. The van der Waals surface area contributed by atoms with Crippen LogP contribution in [0.3, 0.4) is 0 Å². The molecule has 0 radical (unpaired) electrons. The first-order valence-electron chi connectivity index (χ1n) is 8.37. The lowest BCUT2D eigenvalue weighted by atomic mass is 9.98. The van der Waals surface area contributed by atoms with Gasteiger partial charge in [-0.25, -0.2) is 4.98 Å². The van der Waals surface area contributed by atoms with Gasteiger partial charge in [0.2, 0.25) is 0 Å². The van der Waals surface area contributed by atoms with Crippen molar-refractivity contribution in [1.82, 2.24) is 19.7 Å². The highest BCUT2D eigenvalue weighted by molar-refractivity contribution is 7.09. The number of thiazole rings is 1. The maximum absolute atomic E-state index is 10.7. The van der Waals surface area contributed by atoms with Crippen molar-refractivity contribution in [2.45, 2.75) is 45.1 Å². The molecule has 130 valence electrons. The van der Waals surface area contributed by atoms with Crippen molar-refractivity contribution in [1.29, 1.82) is 0 Å². The number of likely N-dealkylation sites (tertiary alicyclic amines) is 1. The first kappa shape index (κ1) is 17.0. The summed E-state index contributed by atoms with van der Waals surface area (Å²) in [7, 11) is 0. The Hall–Kier alpha value is -1.80. The molecule has 0 N–H and O–H groups in total. The highest BCUT2D eigenvalue weighted by atomic mass is 32.1. The molecule has 8 heteroatoms. The molecule has 1 atom stereocenters. The number of hydrogen-bond donors (Lipinski definition) is 0. The predicted molar refractivity (Wildman–Crippen MR) is 93.5 cm³/mol. The summed E-state index contributed by atoms with van der Waals surface area (Å²) in [5.41, 5.74) is 1.24. The molecule has 0 spiro atoms. The molecular formula is C16H23N5O2S. The van der Waals surface area contributed by atoms with Crippen LogP contribution in [0.4, 0.5) is 5.69 Å². The van der Waals surface area contributed by atoms with Gasteiger partial charge in [-0.3, -0.25) is 14.8 Å². The second-order valence-corrected chi connectivity index (χ2v) is 7.51. The molecule has 24 heavy (non-hydrogen) atoms. The smallest absolute Gasteiger partial charge is 0.301 e. The lowest BCUT2D eigenvalue weighted by Crippen LogP contribution is -2.36. The van der Waals surface area contributed by atoms with Gasteiger partial charge in [0.15, 0.2) is 0 Å². The van der Waals surface area contributed by atoms with Crippen LogP contribution in [0.1, 0.15) is 49.2 Å². The zero-order valence-corrected chi connectivity index (χ0v) is 14.9.